The van der Waals surface area contributed by atoms with Crippen LogP contribution in [0.25, 0.3) is 0 Å². The molecule has 0 aliphatic heterocycles. The van der Waals surface area contributed by atoms with Gasteiger partial charge in [-0.3, -0.25) is 25.1 Å². The molecule has 0 spiro atoms. The molecule has 0 unspecified atom stereocenters. The molecule has 2 heterocycles. The lowest BCUT2D eigenvalue weighted by atomic mass is 10.3. The summed E-state index contributed by atoms with van der Waals surface area (Å²) in [6, 6.07) is 4.25. The van der Waals surface area contributed by atoms with Gasteiger partial charge in [-0.1, -0.05) is 0 Å². The smallest absolute Gasteiger partial charge is 0.237 e. The van der Waals surface area contributed by atoms with Crippen molar-refractivity contribution in [2.45, 2.75) is 0 Å². The van der Waals surface area contributed by atoms with Gasteiger partial charge in [-0.25, -0.2) is 4.98 Å². The van der Waals surface area contributed by atoms with E-state index in [-0.39, 0.29) is 10.7 Å². The predicted molar refractivity (Wildman–Crippen MR) is 85.0 cm³/mol. The third-order valence-electron chi connectivity index (χ3n) is 2.88. The zero-order valence-corrected chi connectivity index (χ0v) is 12.7. The maximum absolute atomic E-state index is 12.3. The van der Waals surface area contributed by atoms with Gasteiger partial charge < -0.3 is 0 Å². The van der Waals surface area contributed by atoms with E-state index in [2.05, 4.69) is 31.1 Å². The topological polar surface area (TPSA) is 114 Å². The van der Waals surface area contributed by atoms with Crippen LogP contribution in [0.4, 0.5) is 10.9 Å². The van der Waals surface area contributed by atoms with Gasteiger partial charge in [0.25, 0.3) is 0 Å². The lowest BCUT2D eigenvalue weighted by Crippen LogP contribution is -2.48. The molecule has 0 saturated heterocycles. The van der Waals surface area contributed by atoms with E-state index in [9.17, 15) is 9.59 Å². The van der Waals surface area contributed by atoms with Gasteiger partial charge in [0, 0.05) is 24.7 Å². The fourth-order valence-corrected chi connectivity index (χ4v) is 2.19. The van der Waals surface area contributed by atoms with Crippen LogP contribution in [0.3, 0.4) is 0 Å². The van der Waals surface area contributed by atoms with Crippen molar-refractivity contribution in [3.8, 4) is 0 Å². The Kier molecular flexibility index (Phi) is 4.06. The Labute approximate surface area is 133 Å². The quantitative estimate of drug-likeness (QED) is 0.614. The Morgan fingerprint density at radius 2 is 2.00 bits per heavy atom. The van der Waals surface area contributed by atoms with Crippen LogP contribution in [0.15, 0.2) is 55.8 Å². The average Bonchev–Trinajstić information content (AvgIpc) is 3.18. The molecule has 0 aliphatic rings. The summed E-state index contributed by atoms with van der Waals surface area (Å²) in [5, 5.41) is 13.9. The highest BCUT2D eigenvalue weighted by Crippen LogP contribution is 2.08. The van der Waals surface area contributed by atoms with Crippen molar-refractivity contribution in [2.75, 3.05) is 10.9 Å². The number of aromatic nitrogens is 3. The number of thiazole rings is 1. The number of rotatable bonds is 4. The monoisotopic (exact) mass is 329 g/mol. The fraction of sp³-hybridized carbons (Fsp3) is 0.0769. The Hall–Kier alpha value is -3.14. The molecule has 23 heavy (non-hydrogen) atoms. The number of nitrogens with zero attached hydrogens (tertiary/aromatic N) is 5. The Morgan fingerprint density at radius 3 is 2.70 bits per heavy atom. The van der Waals surface area contributed by atoms with E-state index in [0.717, 1.165) is 0 Å². The Morgan fingerprint density at radius 1 is 1.13 bits per heavy atom. The Bertz CT molecular complexity index is 1030. The van der Waals surface area contributed by atoms with Crippen molar-refractivity contribution in [1.82, 2.24) is 14.8 Å². The molecular weight excluding hydrogens is 318 g/mol. The van der Waals surface area contributed by atoms with Crippen LogP contribution < -0.4 is 32.4 Å². The maximum atomic E-state index is 12.3. The molecule has 3 rings (SSSR count). The summed E-state index contributed by atoms with van der Waals surface area (Å²) in [6.07, 6.45) is 3.18. The van der Waals surface area contributed by atoms with Crippen molar-refractivity contribution >= 4 is 22.3 Å². The first-order valence-electron chi connectivity index (χ1n) is 6.47. The molecule has 3 aromatic rings. The lowest BCUT2D eigenvalue weighted by Gasteiger charge is -1.98. The molecule has 0 amide bonds. The van der Waals surface area contributed by atoms with Crippen molar-refractivity contribution in [3.05, 3.63) is 67.1 Å². The minimum atomic E-state index is -0.573. The Balaban J connectivity index is 1.99. The summed E-state index contributed by atoms with van der Waals surface area (Å²) in [5.74, 6) is 0.548. The minimum Gasteiger partial charge on any atom is -0.287 e. The first kappa shape index (κ1) is 14.8. The molecule has 116 valence electrons. The lowest BCUT2D eigenvalue weighted by molar-refractivity contribution is 0.770. The van der Waals surface area contributed by atoms with E-state index in [1.165, 1.54) is 28.2 Å². The summed E-state index contributed by atoms with van der Waals surface area (Å²) in [6.45, 7) is 0. The number of hydrogen-bond donors (Lipinski definition) is 2. The molecule has 2 N–H and O–H groups in total. The SMILES string of the molecule is Cn1nccc1NN=c1c(=O)ccc(=NNc2nccs2)c1=O. The standard InChI is InChI=1S/C13H11N7O2S/c1-20-10(4-5-15-20)17-18-11-9(21)3-2-8(12(11)22)16-19-13-14-6-7-23-13/h2-7,17H,1H3,(H,14,19). The summed E-state index contributed by atoms with van der Waals surface area (Å²) < 4.78 is 1.52. The molecule has 0 fully saturated rings. The van der Waals surface area contributed by atoms with Gasteiger partial charge in [-0.15, -0.1) is 11.3 Å². The highest BCUT2D eigenvalue weighted by atomic mass is 32.1. The van der Waals surface area contributed by atoms with Crippen LogP contribution >= 0.6 is 11.3 Å². The molecule has 2 aromatic heterocycles. The van der Waals surface area contributed by atoms with Crippen LogP contribution in [0, 0.1) is 0 Å². The zero-order chi connectivity index (χ0) is 16.2. The second-order valence-corrected chi connectivity index (χ2v) is 5.28. The first-order valence-corrected chi connectivity index (χ1v) is 7.35. The maximum Gasteiger partial charge on any atom is 0.237 e. The van der Waals surface area contributed by atoms with Crippen LogP contribution in [0.5, 0.6) is 0 Å². The van der Waals surface area contributed by atoms with E-state index in [1.807, 2.05) is 0 Å². The summed E-state index contributed by atoms with van der Waals surface area (Å²) in [5.41, 5.74) is 4.24. The summed E-state index contributed by atoms with van der Waals surface area (Å²) in [7, 11) is 1.71. The number of hydrogen-bond acceptors (Lipinski definition) is 9. The first-order chi connectivity index (χ1) is 11.1. The van der Waals surface area contributed by atoms with Crippen molar-refractivity contribution < 1.29 is 0 Å². The van der Waals surface area contributed by atoms with E-state index < -0.39 is 10.9 Å². The van der Waals surface area contributed by atoms with E-state index in [1.54, 1.807) is 30.9 Å². The largest absolute Gasteiger partial charge is 0.287 e. The number of benzene rings is 1. The second kappa shape index (κ2) is 6.32. The van der Waals surface area contributed by atoms with Gasteiger partial charge in [-0.2, -0.15) is 15.3 Å². The van der Waals surface area contributed by atoms with Crippen molar-refractivity contribution in [1.29, 1.82) is 0 Å². The van der Waals surface area contributed by atoms with Gasteiger partial charge in [0.2, 0.25) is 16.0 Å². The molecule has 9 nitrogen and oxygen atoms in total. The third-order valence-corrected chi connectivity index (χ3v) is 3.56. The van der Waals surface area contributed by atoms with Gasteiger partial charge >= 0.3 is 0 Å². The van der Waals surface area contributed by atoms with Crippen molar-refractivity contribution in [3.63, 3.8) is 0 Å². The molecule has 0 atom stereocenters. The highest BCUT2D eigenvalue weighted by Gasteiger charge is 2.02. The molecule has 0 bridgehead atoms. The zero-order valence-electron chi connectivity index (χ0n) is 11.9. The molecule has 0 aliphatic carbocycles. The van der Waals surface area contributed by atoms with Crippen LogP contribution in [-0.2, 0) is 7.05 Å². The van der Waals surface area contributed by atoms with Crippen LogP contribution in [-0.4, -0.2) is 14.8 Å². The highest BCUT2D eigenvalue weighted by molar-refractivity contribution is 7.13. The number of anilines is 2. The number of aryl methyl sites for hydroxylation is 1. The van der Waals surface area contributed by atoms with Gasteiger partial charge in [0.05, 0.1) is 6.20 Å². The third kappa shape index (κ3) is 3.21. The molecule has 0 radical (unpaired) electrons. The minimum absolute atomic E-state index is 0.0744. The van der Waals surface area contributed by atoms with E-state index >= 15 is 0 Å². The normalized spacial score (nSPS) is 12.6. The van der Waals surface area contributed by atoms with E-state index in [4.69, 9.17) is 0 Å². The average molecular weight is 329 g/mol. The van der Waals surface area contributed by atoms with Gasteiger partial charge in [0.15, 0.2) is 5.36 Å². The number of nitrogens with one attached hydrogen (secondary N) is 2. The van der Waals surface area contributed by atoms with Gasteiger partial charge in [-0.05, 0) is 12.1 Å². The predicted octanol–water partition coefficient (Wildman–Crippen LogP) is -0.672. The van der Waals surface area contributed by atoms with Crippen LogP contribution in [0.2, 0.25) is 0 Å². The molecule has 1 aromatic carbocycles. The van der Waals surface area contributed by atoms with Crippen LogP contribution in [0.1, 0.15) is 0 Å². The summed E-state index contributed by atoms with van der Waals surface area (Å²) in [4.78, 5) is 28.1. The molecule has 0 saturated carbocycles. The second-order valence-electron chi connectivity index (χ2n) is 4.39. The van der Waals surface area contributed by atoms with Gasteiger partial charge in [0.1, 0.15) is 11.2 Å². The molecular formula is C13H11N7O2S. The fourth-order valence-electron chi connectivity index (χ4n) is 1.72. The van der Waals surface area contributed by atoms with E-state index in [0.29, 0.717) is 10.9 Å². The van der Waals surface area contributed by atoms with Crippen molar-refractivity contribution in [2.24, 2.45) is 17.3 Å². The summed E-state index contributed by atoms with van der Waals surface area (Å²) >= 11 is 1.34. The molecule has 10 heteroatoms.